The molecule has 9 nitrogen and oxygen atoms in total. The van der Waals surface area contributed by atoms with E-state index in [-0.39, 0.29) is 18.9 Å². The molecule has 0 aliphatic rings. The van der Waals surface area contributed by atoms with Crippen LogP contribution < -0.4 is 22.1 Å². The van der Waals surface area contributed by atoms with Crippen LogP contribution in [-0.2, 0) is 9.59 Å². The molecule has 1 rings (SSSR count). The van der Waals surface area contributed by atoms with Crippen LogP contribution in [0.25, 0.3) is 0 Å². The smallest absolute Gasteiger partial charge is 0.326 e. The normalized spacial score (nSPS) is 12.5. The summed E-state index contributed by atoms with van der Waals surface area (Å²) >= 11 is 0. The number of nitrogens with two attached hydrogens (primary N) is 2. The summed E-state index contributed by atoms with van der Waals surface area (Å²) in [6, 6.07) is 6.44. The number of hydrogen-bond donors (Lipinski definition) is 5. The van der Waals surface area contributed by atoms with Crippen molar-refractivity contribution < 1.29 is 19.5 Å². The second-order valence-corrected chi connectivity index (χ2v) is 5.41. The summed E-state index contributed by atoms with van der Waals surface area (Å²) < 4.78 is 0. The van der Waals surface area contributed by atoms with Gasteiger partial charge in [-0.3, -0.25) is 14.6 Å². The van der Waals surface area contributed by atoms with Crippen LogP contribution in [0.4, 0.5) is 0 Å². The molecular weight excluding hydrogens is 326 g/mol. The third-order valence-corrected chi connectivity index (χ3v) is 3.34. The largest absolute Gasteiger partial charge is 0.480 e. The first-order chi connectivity index (χ1) is 11.8. The van der Waals surface area contributed by atoms with Gasteiger partial charge in [-0.05, 0) is 31.9 Å². The average molecular weight is 349 g/mol. The fraction of sp³-hybridized carbons (Fsp3) is 0.375. The van der Waals surface area contributed by atoms with E-state index in [0.717, 1.165) is 0 Å². The number of carboxylic acid groups (broad SMARTS) is 1. The summed E-state index contributed by atoms with van der Waals surface area (Å²) in [5, 5.41) is 14.1. The fourth-order valence-corrected chi connectivity index (χ4v) is 1.99. The van der Waals surface area contributed by atoms with E-state index in [1.54, 1.807) is 30.3 Å². The molecule has 0 bridgehead atoms. The summed E-state index contributed by atoms with van der Waals surface area (Å²) in [6.45, 7) is 1.75. The van der Waals surface area contributed by atoms with Gasteiger partial charge in [-0.2, -0.15) is 0 Å². The number of hydrogen-bond acceptors (Lipinski definition) is 4. The lowest BCUT2D eigenvalue weighted by Crippen LogP contribution is -2.50. The molecular formula is C16H23N5O4. The van der Waals surface area contributed by atoms with Gasteiger partial charge in [-0.1, -0.05) is 18.2 Å². The highest BCUT2D eigenvalue weighted by atomic mass is 16.4. The highest BCUT2D eigenvalue weighted by Gasteiger charge is 2.23. The second kappa shape index (κ2) is 9.91. The number of nitrogens with zero attached hydrogens (tertiary/aromatic N) is 1. The zero-order valence-electron chi connectivity index (χ0n) is 13.9. The van der Waals surface area contributed by atoms with Gasteiger partial charge in [0.25, 0.3) is 5.91 Å². The molecule has 0 fully saturated rings. The van der Waals surface area contributed by atoms with Gasteiger partial charge in [0.2, 0.25) is 5.91 Å². The number of carbonyl (C=O) groups excluding carboxylic acids is 2. The molecule has 0 unspecified atom stereocenters. The van der Waals surface area contributed by atoms with E-state index >= 15 is 0 Å². The Morgan fingerprint density at radius 3 is 2.36 bits per heavy atom. The number of carbonyl (C=O) groups is 3. The van der Waals surface area contributed by atoms with Crippen molar-refractivity contribution in [1.29, 1.82) is 0 Å². The first-order valence-electron chi connectivity index (χ1n) is 7.75. The molecule has 0 saturated carbocycles. The van der Waals surface area contributed by atoms with Gasteiger partial charge in [-0.25, -0.2) is 4.79 Å². The van der Waals surface area contributed by atoms with Crippen LogP contribution in [0, 0.1) is 0 Å². The summed E-state index contributed by atoms with van der Waals surface area (Å²) in [7, 11) is 0. The van der Waals surface area contributed by atoms with Crippen molar-refractivity contribution in [3.8, 4) is 0 Å². The van der Waals surface area contributed by atoms with Crippen LogP contribution in [0.3, 0.4) is 0 Å². The van der Waals surface area contributed by atoms with Crippen molar-refractivity contribution in [3.63, 3.8) is 0 Å². The molecule has 2 amide bonds. The van der Waals surface area contributed by atoms with Crippen LogP contribution in [0.1, 0.15) is 30.1 Å². The Bertz CT molecular complexity index is 629. The van der Waals surface area contributed by atoms with Crippen molar-refractivity contribution in [2.75, 3.05) is 6.54 Å². The van der Waals surface area contributed by atoms with E-state index in [1.165, 1.54) is 6.92 Å². The lowest BCUT2D eigenvalue weighted by atomic mass is 10.1. The fourth-order valence-electron chi connectivity index (χ4n) is 1.99. The predicted octanol–water partition coefficient (Wildman–Crippen LogP) is -0.572. The number of carboxylic acids is 1. The summed E-state index contributed by atoms with van der Waals surface area (Å²) in [6.07, 6.45) is 0.553. The maximum Gasteiger partial charge on any atom is 0.326 e. The van der Waals surface area contributed by atoms with Gasteiger partial charge >= 0.3 is 5.97 Å². The molecule has 0 aromatic heterocycles. The summed E-state index contributed by atoms with van der Waals surface area (Å²) in [5.41, 5.74) is 10.8. The lowest BCUT2D eigenvalue weighted by molar-refractivity contribution is -0.142. The van der Waals surface area contributed by atoms with Crippen molar-refractivity contribution in [2.24, 2.45) is 16.5 Å². The first kappa shape index (κ1) is 19.9. The second-order valence-electron chi connectivity index (χ2n) is 5.41. The molecule has 0 aliphatic carbocycles. The zero-order chi connectivity index (χ0) is 18.8. The third-order valence-electron chi connectivity index (χ3n) is 3.34. The Labute approximate surface area is 145 Å². The topological polar surface area (TPSA) is 160 Å². The number of guanidine groups is 1. The molecule has 9 heteroatoms. The van der Waals surface area contributed by atoms with Crippen LogP contribution in [0.15, 0.2) is 35.3 Å². The van der Waals surface area contributed by atoms with Gasteiger partial charge < -0.3 is 27.2 Å². The highest BCUT2D eigenvalue weighted by molar-refractivity contribution is 5.97. The number of nitrogens with one attached hydrogen (secondary N) is 2. The monoisotopic (exact) mass is 349 g/mol. The van der Waals surface area contributed by atoms with E-state index in [0.29, 0.717) is 12.0 Å². The van der Waals surface area contributed by atoms with Crippen molar-refractivity contribution in [2.45, 2.75) is 31.8 Å². The molecule has 2 atom stereocenters. The Balaban J connectivity index is 2.53. The van der Waals surface area contributed by atoms with Gasteiger partial charge in [-0.15, -0.1) is 0 Å². The predicted molar refractivity (Wildman–Crippen MR) is 92.8 cm³/mol. The van der Waals surface area contributed by atoms with Crippen LogP contribution >= 0.6 is 0 Å². The molecule has 136 valence electrons. The Morgan fingerprint density at radius 1 is 1.16 bits per heavy atom. The minimum absolute atomic E-state index is 0.0758. The molecule has 7 N–H and O–H groups in total. The minimum Gasteiger partial charge on any atom is -0.480 e. The molecule has 0 radical (unpaired) electrons. The van der Waals surface area contributed by atoms with Crippen molar-refractivity contribution in [3.05, 3.63) is 35.9 Å². The van der Waals surface area contributed by atoms with Gasteiger partial charge in [0, 0.05) is 12.1 Å². The molecule has 0 aliphatic heterocycles. The number of aliphatic imine (C=N–C) groups is 1. The molecule has 1 aromatic carbocycles. The van der Waals surface area contributed by atoms with Crippen molar-refractivity contribution >= 4 is 23.7 Å². The first-order valence-corrected chi connectivity index (χ1v) is 7.75. The highest BCUT2D eigenvalue weighted by Crippen LogP contribution is 2.01. The lowest BCUT2D eigenvalue weighted by Gasteiger charge is -2.18. The average Bonchev–Trinajstić information content (AvgIpc) is 2.57. The van der Waals surface area contributed by atoms with E-state index in [4.69, 9.17) is 11.5 Å². The van der Waals surface area contributed by atoms with E-state index in [1.807, 2.05) is 0 Å². The zero-order valence-corrected chi connectivity index (χ0v) is 13.9. The minimum atomic E-state index is -1.17. The third kappa shape index (κ3) is 7.34. The van der Waals surface area contributed by atoms with Crippen LogP contribution in [0.5, 0.6) is 0 Å². The molecule has 0 saturated heterocycles. The van der Waals surface area contributed by atoms with Crippen LogP contribution in [0.2, 0.25) is 0 Å². The Morgan fingerprint density at radius 2 is 1.80 bits per heavy atom. The molecule has 1 aromatic rings. The maximum absolute atomic E-state index is 12.1. The molecule has 0 heterocycles. The number of rotatable bonds is 9. The number of aliphatic carboxylic acids is 1. The Hall–Kier alpha value is -3.10. The quantitative estimate of drug-likeness (QED) is 0.228. The van der Waals surface area contributed by atoms with E-state index in [9.17, 15) is 19.5 Å². The SMILES string of the molecule is C[C@H](NC(=O)c1ccccc1)C(=O)N[C@@H](CCCN=C(N)N)C(=O)O. The number of benzene rings is 1. The van der Waals surface area contributed by atoms with E-state index < -0.39 is 29.9 Å². The summed E-state index contributed by atoms with van der Waals surface area (Å²) in [5.74, 6) is -2.24. The summed E-state index contributed by atoms with van der Waals surface area (Å²) in [4.78, 5) is 39.1. The van der Waals surface area contributed by atoms with Gasteiger partial charge in [0.05, 0.1) is 0 Å². The van der Waals surface area contributed by atoms with Crippen LogP contribution in [-0.4, -0.2) is 47.5 Å². The molecule has 0 spiro atoms. The number of amides is 2. The Kier molecular flexibility index (Phi) is 7.91. The molecule has 25 heavy (non-hydrogen) atoms. The maximum atomic E-state index is 12.1. The van der Waals surface area contributed by atoms with Gasteiger partial charge in [0.1, 0.15) is 12.1 Å². The van der Waals surface area contributed by atoms with Crippen molar-refractivity contribution in [1.82, 2.24) is 10.6 Å². The van der Waals surface area contributed by atoms with Gasteiger partial charge in [0.15, 0.2) is 5.96 Å². The van der Waals surface area contributed by atoms with E-state index in [2.05, 4.69) is 15.6 Å². The standard InChI is InChI=1S/C16H23N5O4/c1-10(20-14(23)11-6-3-2-4-7-11)13(22)21-12(15(24)25)8-5-9-19-16(17)18/h2-4,6-7,10,12H,5,8-9H2,1H3,(H,20,23)(H,21,22)(H,24,25)(H4,17,18,19)/t10-,12-/m0/s1.